The molecule has 1 aromatic rings. The molecule has 0 saturated heterocycles. The van der Waals surface area contributed by atoms with Crippen LogP contribution in [0.1, 0.15) is 23.7 Å². The lowest BCUT2D eigenvalue weighted by Gasteiger charge is -2.23. The summed E-state index contributed by atoms with van der Waals surface area (Å²) < 4.78 is 13.5. The summed E-state index contributed by atoms with van der Waals surface area (Å²) in [5.74, 6) is -0.887. The fraction of sp³-hybridized carbons (Fsp3) is 0.333. The van der Waals surface area contributed by atoms with Gasteiger partial charge in [-0.05, 0) is 35.0 Å². The van der Waals surface area contributed by atoms with Gasteiger partial charge in [0.15, 0.2) is 0 Å². The molecule has 0 radical (unpaired) electrons. The van der Waals surface area contributed by atoms with Gasteiger partial charge in [0.2, 0.25) is 0 Å². The molecule has 0 bridgehead atoms. The minimum atomic E-state index is -0.578. The fourth-order valence-corrected chi connectivity index (χ4v) is 1.87. The van der Waals surface area contributed by atoms with E-state index in [1.165, 1.54) is 11.0 Å². The summed E-state index contributed by atoms with van der Waals surface area (Å²) >= 11 is 3.13. The van der Waals surface area contributed by atoms with Crippen LogP contribution < -0.4 is 5.73 Å². The molecule has 1 atom stereocenters. The number of benzene rings is 1. The first-order valence-electron chi connectivity index (χ1n) is 5.27. The van der Waals surface area contributed by atoms with Crippen molar-refractivity contribution in [3.63, 3.8) is 0 Å². The number of hydrogen-bond donors (Lipinski definition) is 1. The standard InChI is InChI=1S/C12H13BrFN3O/c1-7(3-4-15)17(2)12(18)8-5-11(16)10(14)6-9(8)13/h5-7H,3,16H2,1-2H3. The Bertz CT molecular complexity index is 513. The van der Waals surface area contributed by atoms with Crippen LogP contribution in [0.25, 0.3) is 0 Å². The SMILES string of the molecule is CC(CC#N)N(C)C(=O)c1cc(N)c(F)cc1Br. The van der Waals surface area contributed by atoms with Crippen molar-refractivity contribution in [3.05, 3.63) is 28.0 Å². The minimum absolute atomic E-state index is 0.0807. The van der Waals surface area contributed by atoms with Crippen LogP contribution in [0.3, 0.4) is 0 Å². The molecule has 0 aliphatic carbocycles. The maximum Gasteiger partial charge on any atom is 0.255 e. The number of carbonyl (C=O) groups is 1. The van der Waals surface area contributed by atoms with E-state index in [9.17, 15) is 9.18 Å². The van der Waals surface area contributed by atoms with Gasteiger partial charge in [-0.1, -0.05) is 0 Å². The molecule has 1 aromatic carbocycles. The van der Waals surface area contributed by atoms with Crippen LogP contribution in [0, 0.1) is 17.1 Å². The highest BCUT2D eigenvalue weighted by Crippen LogP contribution is 2.24. The number of halogens is 2. The monoisotopic (exact) mass is 313 g/mol. The Morgan fingerprint density at radius 1 is 1.67 bits per heavy atom. The summed E-state index contributed by atoms with van der Waals surface area (Å²) in [5, 5.41) is 8.61. The maximum absolute atomic E-state index is 13.2. The van der Waals surface area contributed by atoms with Crippen molar-refractivity contribution in [1.82, 2.24) is 4.90 Å². The lowest BCUT2D eigenvalue weighted by Crippen LogP contribution is -2.35. The molecular formula is C12H13BrFN3O. The summed E-state index contributed by atoms with van der Waals surface area (Å²) in [6, 6.07) is 4.23. The first-order valence-corrected chi connectivity index (χ1v) is 6.06. The van der Waals surface area contributed by atoms with Crippen molar-refractivity contribution >= 4 is 27.5 Å². The van der Waals surface area contributed by atoms with Gasteiger partial charge in [0.05, 0.1) is 23.7 Å². The second-order valence-corrected chi connectivity index (χ2v) is 4.84. The van der Waals surface area contributed by atoms with Crippen molar-refractivity contribution in [2.45, 2.75) is 19.4 Å². The van der Waals surface area contributed by atoms with Crippen molar-refractivity contribution in [1.29, 1.82) is 5.26 Å². The van der Waals surface area contributed by atoms with Gasteiger partial charge >= 0.3 is 0 Å². The number of rotatable bonds is 3. The van der Waals surface area contributed by atoms with E-state index >= 15 is 0 Å². The summed E-state index contributed by atoms with van der Waals surface area (Å²) in [6.45, 7) is 1.77. The van der Waals surface area contributed by atoms with Crippen LogP contribution in [0.2, 0.25) is 0 Å². The molecule has 2 N–H and O–H groups in total. The number of anilines is 1. The Balaban J connectivity index is 3.05. The highest BCUT2D eigenvalue weighted by atomic mass is 79.9. The van der Waals surface area contributed by atoms with E-state index in [2.05, 4.69) is 15.9 Å². The number of hydrogen-bond acceptors (Lipinski definition) is 3. The first-order chi connectivity index (χ1) is 8.38. The van der Waals surface area contributed by atoms with Crippen LogP contribution in [0.15, 0.2) is 16.6 Å². The number of nitrogens with zero attached hydrogens (tertiary/aromatic N) is 2. The molecule has 1 amide bonds. The largest absolute Gasteiger partial charge is 0.396 e. The van der Waals surface area contributed by atoms with Crippen molar-refractivity contribution in [2.24, 2.45) is 0 Å². The van der Waals surface area contributed by atoms with Crippen LogP contribution >= 0.6 is 15.9 Å². The lowest BCUT2D eigenvalue weighted by molar-refractivity contribution is 0.0745. The Labute approximate surface area is 113 Å². The van der Waals surface area contributed by atoms with Gasteiger partial charge in [-0.3, -0.25) is 4.79 Å². The van der Waals surface area contributed by atoms with Gasteiger partial charge in [-0.25, -0.2) is 4.39 Å². The third-order valence-electron chi connectivity index (χ3n) is 2.68. The molecular weight excluding hydrogens is 301 g/mol. The molecule has 0 heterocycles. The van der Waals surface area contributed by atoms with Gasteiger partial charge in [0.25, 0.3) is 5.91 Å². The van der Waals surface area contributed by atoms with Crippen LogP contribution in [-0.4, -0.2) is 23.9 Å². The molecule has 1 rings (SSSR count). The van der Waals surface area contributed by atoms with E-state index in [1.807, 2.05) is 6.07 Å². The number of amides is 1. The first kappa shape index (κ1) is 14.5. The second kappa shape index (κ2) is 5.83. The van der Waals surface area contributed by atoms with Gasteiger partial charge in [-0.2, -0.15) is 5.26 Å². The second-order valence-electron chi connectivity index (χ2n) is 3.98. The van der Waals surface area contributed by atoms with E-state index in [-0.39, 0.29) is 29.6 Å². The molecule has 0 aromatic heterocycles. The number of nitrogen functional groups attached to an aromatic ring is 1. The summed E-state index contributed by atoms with van der Waals surface area (Å²) in [4.78, 5) is 13.6. The van der Waals surface area contributed by atoms with Crippen molar-refractivity contribution in [2.75, 3.05) is 12.8 Å². The average Bonchev–Trinajstić information content (AvgIpc) is 2.32. The zero-order valence-corrected chi connectivity index (χ0v) is 11.7. The highest BCUT2D eigenvalue weighted by molar-refractivity contribution is 9.10. The van der Waals surface area contributed by atoms with E-state index in [0.29, 0.717) is 4.47 Å². The van der Waals surface area contributed by atoms with Crippen LogP contribution in [0.5, 0.6) is 0 Å². The topological polar surface area (TPSA) is 70.1 Å². The average molecular weight is 314 g/mol. The van der Waals surface area contributed by atoms with Crippen LogP contribution in [-0.2, 0) is 0 Å². The zero-order chi connectivity index (χ0) is 13.9. The van der Waals surface area contributed by atoms with Gasteiger partial charge < -0.3 is 10.6 Å². The molecule has 0 aliphatic rings. The molecule has 4 nitrogen and oxygen atoms in total. The number of nitriles is 1. The van der Waals surface area contributed by atoms with Gasteiger partial charge in [-0.15, -0.1) is 0 Å². The van der Waals surface area contributed by atoms with Crippen molar-refractivity contribution in [3.8, 4) is 6.07 Å². The summed E-state index contributed by atoms with van der Waals surface area (Å²) in [7, 11) is 1.59. The quantitative estimate of drug-likeness (QED) is 0.872. The summed E-state index contributed by atoms with van der Waals surface area (Å²) in [6.07, 6.45) is 0.233. The van der Waals surface area contributed by atoms with Gasteiger partial charge in [0, 0.05) is 17.6 Å². The fourth-order valence-electron chi connectivity index (χ4n) is 1.39. The zero-order valence-electron chi connectivity index (χ0n) is 10.1. The van der Waals surface area contributed by atoms with E-state index in [4.69, 9.17) is 11.0 Å². The molecule has 18 heavy (non-hydrogen) atoms. The van der Waals surface area contributed by atoms with E-state index < -0.39 is 5.82 Å². The molecule has 1 unspecified atom stereocenters. The molecule has 0 spiro atoms. The normalized spacial score (nSPS) is 11.7. The lowest BCUT2D eigenvalue weighted by atomic mass is 10.1. The highest BCUT2D eigenvalue weighted by Gasteiger charge is 2.20. The van der Waals surface area contributed by atoms with Crippen molar-refractivity contribution < 1.29 is 9.18 Å². The predicted molar refractivity (Wildman–Crippen MR) is 70.3 cm³/mol. The Hall–Kier alpha value is -1.61. The molecule has 0 aliphatic heterocycles. The number of carbonyl (C=O) groups excluding carboxylic acids is 1. The van der Waals surface area contributed by atoms with Gasteiger partial charge in [0.1, 0.15) is 5.82 Å². The summed E-state index contributed by atoms with van der Waals surface area (Å²) in [5.41, 5.74) is 5.64. The predicted octanol–water partition coefficient (Wildman–Crippen LogP) is 2.54. The van der Waals surface area contributed by atoms with E-state index in [0.717, 1.165) is 6.07 Å². The molecule has 0 saturated carbocycles. The molecule has 6 heteroatoms. The minimum Gasteiger partial charge on any atom is -0.396 e. The third-order valence-corrected chi connectivity index (χ3v) is 3.34. The van der Waals surface area contributed by atoms with E-state index in [1.54, 1.807) is 14.0 Å². The Morgan fingerprint density at radius 2 is 2.28 bits per heavy atom. The maximum atomic E-state index is 13.2. The molecule has 96 valence electrons. The Kier molecular flexibility index (Phi) is 4.68. The molecule has 0 fully saturated rings. The van der Waals surface area contributed by atoms with Crippen LogP contribution in [0.4, 0.5) is 10.1 Å². The smallest absolute Gasteiger partial charge is 0.255 e. The number of nitrogens with two attached hydrogens (primary N) is 1. The Morgan fingerprint density at radius 3 is 2.83 bits per heavy atom. The third kappa shape index (κ3) is 2.99.